The lowest BCUT2D eigenvalue weighted by atomic mass is 10.0. The highest BCUT2D eigenvalue weighted by Gasteiger charge is 2.20. The Labute approximate surface area is 118 Å². The van der Waals surface area contributed by atoms with Crippen molar-refractivity contribution in [2.24, 2.45) is 5.73 Å². The smallest absolute Gasteiger partial charge is 0.188 e. The van der Waals surface area contributed by atoms with Crippen molar-refractivity contribution in [1.82, 2.24) is 9.97 Å². The summed E-state index contributed by atoms with van der Waals surface area (Å²) in [4.78, 5) is 8.76. The zero-order valence-corrected chi connectivity index (χ0v) is 12.3. The molecule has 2 rings (SSSR count). The normalized spacial score (nSPS) is 14.1. The summed E-state index contributed by atoms with van der Waals surface area (Å²) in [6.45, 7) is 6.11. The van der Waals surface area contributed by atoms with Gasteiger partial charge < -0.3 is 5.73 Å². The van der Waals surface area contributed by atoms with Crippen molar-refractivity contribution in [3.63, 3.8) is 0 Å². The summed E-state index contributed by atoms with van der Waals surface area (Å²) in [5.41, 5.74) is 9.64. The van der Waals surface area contributed by atoms with Crippen molar-refractivity contribution in [2.75, 3.05) is 0 Å². The molecular formula is C15H19N3S. The van der Waals surface area contributed by atoms with Crippen LogP contribution >= 0.6 is 11.8 Å². The third-order valence-electron chi connectivity index (χ3n) is 2.98. The average molecular weight is 273 g/mol. The Kier molecular flexibility index (Phi) is 4.56. The predicted octanol–water partition coefficient (Wildman–Crippen LogP) is 3.27. The highest BCUT2D eigenvalue weighted by atomic mass is 32.2. The number of benzene rings is 1. The van der Waals surface area contributed by atoms with Gasteiger partial charge in [0.15, 0.2) is 5.16 Å². The molecule has 100 valence electrons. The third-order valence-corrected chi connectivity index (χ3v) is 4.32. The number of nitrogens with two attached hydrogens (primary N) is 1. The van der Waals surface area contributed by atoms with Gasteiger partial charge in [0.05, 0.1) is 5.25 Å². The topological polar surface area (TPSA) is 51.8 Å². The van der Waals surface area contributed by atoms with Crippen molar-refractivity contribution in [1.29, 1.82) is 0 Å². The van der Waals surface area contributed by atoms with Crippen LogP contribution in [0.5, 0.6) is 0 Å². The molecule has 0 fully saturated rings. The van der Waals surface area contributed by atoms with Crippen LogP contribution in [0.4, 0.5) is 0 Å². The van der Waals surface area contributed by atoms with Crippen molar-refractivity contribution in [3.8, 4) is 0 Å². The maximum atomic E-state index is 6.15. The van der Waals surface area contributed by atoms with Crippen molar-refractivity contribution < 1.29 is 0 Å². The van der Waals surface area contributed by atoms with Crippen LogP contribution in [0.1, 0.15) is 29.0 Å². The summed E-state index contributed by atoms with van der Waals surface area (Å²) in [5.74, 6) is 0. The van der Waals surface area contributed by atoms with Crippen LogP contribution in [-0.4, -0.2) is 16.0 Å². The molecule has 1 aromatic carbocycles. The summed E-state index contributed by atoms with van der Waals surface area (Å²) in [6, 6.07) is 10.3. The lowest BCUT2D eigenvalue weighted by Crippen LogP contribution is -2.23. The van der Waals surface area contributed by atoms with Gasteiger partial charge in [-0.1, -0.05) is 36.0 Å². The zero-order chi connectivity index (χ0) is 13.8. The molecule has 2 atom stereocenters. The summed E-state index contributed by atoms with van der Waals surface area (Å²) in [6.07, 6.45) is 1.79. The number of thioether (sulfide) groups is 1. The first-order valence-corrected chi connectivity index (χ1v) is 7.23. The molecular weight excluding hydrogens is 254 g/mol. The van der Waals surface area contributed by atoms with Gasteiger partial charge in [-0.05, 0) is 38.0 Å². The molecule has 0 saturated heterocycles. The molecule has 4 heteroatoms. The predicted molar refractivity (Wildman–Crippen MR) is 80.2 cm³/mol. The highest BCUT2D eigenvalue weighted by Crippen LogP contribution is 2.36. The van der Waals surface area contributed by atoms with Gasteiger partial charge in [-0.3, -0.25) is 0 Å². The largest absolute Gasteiger partial charge is 0.327 e. The molecule has 0 saturated carbocycles. The van der Waals surface area contributed by atoms with Crippen LogP contribution in [0.3, 0.4) is 0 Å². The SMILES string of the molecule is Cc1ccnc(SC(c2ccccc2C)C(C)N)n1. The molecule has 1 aromatic heterocycles. The molecule has 2 unspecified atom stereocenters. The lowest BCUT2D eigenvalue weighted by Gasteiger charge is -2.21. The molecule has 0 aliphatic rings. The average Bonchev–Trinajstić information content (AvgIpc) is 2.37. The number of aryl methyl sites for hydroxylation is 2. The minimum absolute atomic E-state index is 0.0372. The number of hydrogen-bond donors (Lipinski definition) is 1. The Morgan fingerprint density at radius 2 is 1.89 bits per heavy atom. The summed E-state index contributed by atoms with van der Waals surface area (Å²) < 4.78 is 0. The molecule has 0 aliphatic carbocycles. The Morgan fingerprint density at radius 3 is 2.53 bits per heavy atom. The van der Waals surface area contributed by atoms with E-state index in [1.165, 1.54) is 11.1 Å². The minimum Gasteiger partial charge on any atom is -0.327 e. The maximum absolute atomic E-state index is 6.15. The van der Waals surface area contributed by atoms with E-state index in [-0.39, 0.29) is 11.3 Å². The molecule has 0 bridgehead atoms. The first-order valence-electron chi connectivity index (χ1n) is 6.35. The van der Waals surface area contributed by atoms with E-state index in [1.54, 1.807) is 18.0 Å². The minimum atomic E-state index is 0.0372. The second-order valence-electron chi connectivity index (χ2n) is 4.73. The molecule has 2 aromatic rings. The van der Waals surface area contributed by atoms with E-state index < -0.39 is 0 Å². The zero-order valence-electron chi connectivity index (χ0n) is 11.5. The molecule has 2 N–H and O–H groups in total. The van der Waals surface area contributed by atoms with E-state index in [0.717, 1.165) is 10.9 Å². The standard InChI is InChI=1S/C15H19N3S/c1-10-6-4-5-7-13(10)14(12(3)16)19-15-17-9-8-11(2)18-15/h4-9,12,14H,16H2,1-3H3. The van der Waals surface area contributed by atoms with Gasteiger partial charge >= 0.3 is 0 Å². The van der Waals surface area contributed by atoms with E-state index >= 15 is 0 Å². The van der Waals surface area contributed by atoms with Crippen LogP contribution in [0.15, 0.2) is 41.7 Å². The first-order chi connectivity index (χ1) is 9.08. The van der Waals surface area contributed by atoms with Crippen LogP contribution in [0.25, 0.3) is 0 Å². The Morgan fingerprint density at radius 1 is 1.16 bits per heavy atom. The Balaban J connectivity index is 2.29. The molecule has 19 heavy (non-hydrogen) atoms. The fourth-order valence-corrected chi connectivity index (χ4v) is 3.11. The van der Waals surface area contributed by atoms with Gasteiger partial charge in [0.2, 0.25) is 0 Å². The van der Waals surface area contributed by atoms with Crippen LogP contribution in [0, 0.1) is 13.8 Å². The Hall–Kier alpha value is -1.39. The van der Waals surface area contributed by atoms with E-state index in [1.807, 2.05) is 26.0 Å². The van der Waals surface area contributed by atoms with Crippen LogP contribution < -0.4 is 5.73 Å². The van der Waals surface area contributed by atoms with E-state index in [9.17, 15) is 0 Å². The second-order valence-corrected chi connectivity index (χ2v) is 5.84. The number of rotatable bonds is 4. The number of hydrogen-bond acceptors (Lipinski definition) is 4. The third kappa shape index (κ3) is 3.55. The second kappa shape index (κ2) is 6.17. The van der Waals surface area contributed by atoms with Crippen molar-refractivity contribution in [3.05, 3.63) is 53.3 Å². The quantitative estimate of drug-likeness (QED) is 0.686. The maximum Gasteiger partial charge on any atom is 0.188 e. The van der Waals surface area contributed by atoms with Gasteiger partial charge in [-0.25, -0.2) is 9.97 Å². The fourth-order valence-electron chi connectivity index (χ4n) is 1.96. The highest BCUT2D eigenvalue weighted by molar-refractivity contribution is 7.99. The van der Waals surface area contributed by atoms with E-state index in [0.29, 0.717) is 0 Å². The number of nitrogens with zero attached hydrogens (tertiary/aromatic N) is 2. The molecule has 0 aliphatic heterocycles. The molecule has 0 radical (unpaired) electrons. The molecule has 0 amide bonds. The van der Waals surface area contributed by atoms with Gasteiger partial charge in [0.1, 0.15) is 0 Å². The molecule has 0 spiro atoms. The fraction of sp³-hybridized carbons (Fsp3) is 0.333. The first kappa shape index (κ1) is 14.0. The number of aromatic nitrogens is 2. The monoisotopic (exact) mass is 273 g/mol. The van der Waals surface area contributed by atoms with Gasteiger partial charge in [0, 0.05) is 17.9 Å². The lowest BCUT2D eigenvalue weighted by molar-refractivity contribution is 0.714. The van der Waals surface area contributed by atoms with Crippen LogP contribution in [-0.2, 0) is 0 Å². The Bertz CT molecular complexity index is 555. The van der Waals surface area contributed by atoms with Gasteiger partial charge in [-0.15, -0.1) is 0 Å². The van der Waals surface area contributed by atoms with Gasteiger partial charge in [0.25, 0.3) is 0 Å². The van der Waals surface area contributed by atoms with Gasteiger partial charge in [-0.2, -0.15) is 0 Å². The van der Waals surface area contributed by atoms with Crippen molar-refractivity contribution in [2.45, 2.75) is 37.2 Å². The summed E-state index contributed by atoms with van der Waals surface area (Å²) >= 11 is 1.63. The van der Waals surface area contributed by atoms with E-state index in [4.69, 9.17) is 5.73 Å². The summed E-state index contributed by atoms with van der Waals surface area (Å²) in [5, 5.41) is 0.952. The van der Waals surface area contributed by atoms with Crippen LogP contribution in [0.2, 0.25) is 0 Å². The van der Waals surface area contributed by atoms with E-state index in [2.05, 4.69) is 35.1 Å². The molecule has 3 nitrogen and oxygen atoms in total. The van der Waals surface area contributed by atoms with Crippen molar-refractivity contribution >= 4 is 11.8 Å². The summed E-state index contributed by atoms with van der Waals surface area (Å²) in [7, 11) is 0. The molecule has 1 heterocycles.